The molecule has 0 aliphatic carbocycles. The van der Waals surface area contributed by atoms with Gasteiger partial charge in [-0.3, -0.25) is 4.31 Å². The average Bonchev–Trinajstić information content (AvgIpc) is 2.65. The third-order valence-corrected chi connectivity index (χ3v) is 5.84. The smallest absolute Gasteiger partial charge is 0.337 e. The first-order valence-electron chi connectivity index (χ1n) is 8.59. The molecular weight excluding hydrogens is 350 g/mol. The molecule has 0 aliphatic heterocycles. The second-order valence-corrected chi connectivity index (χ2v) is 8.33. The van der Waals surface area contributed by atoms with E-state index in [-0.39, 0.29) is 10.8 Å². The summed E-state index contributed by atoms with van der Waals surface area (Å²) in [7, 11) is -2.45. The Morgan fingerprint density at radius 3 is 2.08 bits per heavy atom. The average molecular weight is 375 g/mol. The maximum Gasteiger partial charge on any atom is 0.337 e. The third-order valence-electron chi connectivity index (χ3n) is 4.03. The number of hydrogen-bond donors (Lipinski definition) is 0. The van der Waals surface area contributed by atoms with Gasteiger partial charge in [0, 0.05) is 6.54 Å². The summed E-state index contributed by atoms with van der Waals surface area (Å²) in [6.45, 7) is 6.37. The Labute approximate surface area is 155 Å². The lowest BCUT2D eigenvalue weighted by atomic mass is 10.1. The van der Waals surface area contributed by atoms with Crippen molar-refractivity contribution in [2.75, 3.05) is 18.0 Å². The second-order valence-electron chi connectivity index (χ2n) is 6.47. The van der Waals surface area contributed by atoms with Gasteiger partial charge in [-0.2, -0.15) is 0 Å². The molecule has 5 nitrogen and oxygen atoms in total. The number of benzene rings is 2. The molecule has 0 bridgehead atoms. The summed E-state index contributed by atoms with van der Waals surface area (Å²) in [4.78, 5) is 11.7. The van der Waals surface area contributed by atoms with Crippen molar-refractivity contribution >= 4 is 21.7 Å². The number of hydrogen-bond acceptors (Lipinski definition) is 4. The Hall–Kier alpha value is -2.34. The Kier molecular flexibility index (Phi) is 6.42. The van der Waals surface area contributed by atoms with Crippen molar-refractivity contribution in [2.24, 2.45) is 5.92 Å². The zero-order valence-corrected chi connectivity index (χ0v) is 16.4. The van der Waals surface area contributed by atoms with Crippen LogP contribution in [0.15, 0.2) is 53.4 Å². The molecule has 0 spiro atoms. The van der Waals surface area contributed by atoms with Crippen LogP contribution in [-0.2, 0) is 21.2 Å². The van der Waals surface area contributed by atoms with E-state index in [0.717, 1.165) is 12.0 Å². The number of methoxy groups -OCH3 is 1. The van der Waals surface area contributed by atoms with Gasteiger partial charge in [-0.1, -0.05) is 32.9 Å². The lowest BCUT2D eigenvalue weighted by Crippen LogP contribution is -2.34. The fourth-order valence-corrected chi connectivity index (χ4v) is 4.21. The molecule has 2 rings (SSSR count). The molecule has 6 heteroatoms. The molecule has 0 heterocycles. The topological polar surface area (TPSA) is 63.7 Å². The highest BCUT2D eigenvalue weighted by molar-refractivity contribution is 7.92. The highest BCUT2D eigenvalue weighted by atomic mass is 32.2. The standard InChI is InChI=1S/C20H25NO4S/c1-5-16-6-10-18(11-7-16)21(14-15(2)3)26(23,24)19-12-8-17(9-13-19)20(22)25-4/h6-13,15H,5,14H2,1-4H3. The molecule has 26 heavy (non-hydrogen) atoms. The van der Waals surface area contributed by atoms with E-state index in [2.05, 4.69) is 11.7 Å². The molecule has 0 aromatic heterocycles. The van der Waals surface area contributed by atoms with Crippen molar-refractivity contribution in [3.8, 4) is 0 Å². The highest BCUT2D eigenvalue weighted by Gasteiger charge is 2.26. The van der Waals surface area contributed by atoms with Crippen molar-refractivity contribution in [1.82, 2.24) is 0 Å². The van der Waals surface area contributed by atoms with Crippen LogP contribution in [0.3, 0.4) is 0 Å². The van der Waals surface area contributed by atoms with Crippen LogP contribution in [0.2, 0.25) is 0 Å². The van der Waals surface area contributed by atoms with Crippen LogP contribution in [0.4, 0.5) is 5.69 Å². The summed E-state index contributed by atoms with van der Waals surface area (Å²) in [5.41, 5.74) is 2.10. The zero-order chi connectivity index (χ0) is 19.3. The van der Waals surface area contributed by atoms with Gasteiger partial charge >= 0.3 is 5.97 Å². The number of nitrogens with zero attached hydrogens (tertiary/aromatic N) is 1. The summed E-state index contributed by atoms with van der Waals surface area (Å²) in [5, 5.41) is 0. The van der Waals surface area contributed by atoms with Gasteiger partial charge in [-0.25, -0.2) is 13.2 Å². The summed E-state index contributed by atoms with van der Waals surface area (Å²) in [6, 6.07) is 13.4. The van der Waals surface area contributed by atoms with Gasteiger partial charge in [0.2, 0.25) is 0 Å². The number of esters is 1. The lowest BCUT2D eigenvalue weighted by Gasteiger charge is -2.26. The Bertz CT molecular complexity index is 840. The summed E-state index contributed by atoms with van der Waals surface area (Å²) in [6.07, 6.45) is 0.895. The van der Waals surface area contributed by atoms with E-state index in [1.165, 1.54) is 35.7 Å². The SMILES string of the molecule is CCc1ccc(N(CC(C)C)S(=O)(=O)c2ccc(C(=O)OC)cc2)cc1. The number of rotatable bonds is 7. The fraction of sp³-hybridized carbons (Fsp3) is 0.350. The van der Waals surface area contributed by atoms with E-state index >= 15 is 0 Å². The monoisotopic (exact) mass is 375 g/mol. The molecule has 0 saturated heterocycles. The number of carbonyl (C=O) groups excluding carboxylic acids is 1. The van der Waals surface area contributed by atoms with Crippen molar-refractivity contribution in [3.63, 3.8) is 0 Å². The number of anilines is 1. The molecule has 0 N–H and O–H groups in total. The number of sulfonamides is 1. The van der Waals surface area contributed by atoms with Gasteiger partial charge in [-0.15, -0.1) is 0 Å². The number of carbonyl (C=O) groups is 1. The molecule has 0 radical (unpaired) electrons. The molecule has 2 aromatic carbocycles. The van der Waals surface area contributed by atoms with E-state index in [1.54, 1.807) is 0 Å². The largest absolute Gasteiger partial charge is 0.465 e. The van der Waals surface area contributed by atoms with Crippen LogP contribution < -0.4 is 4.31 Å². The van der Waals surface area contributed by atoms with Crippen LogP contribution in [0.5, 0.6) is 0 Å². The molecule has 0 amide bonds. The van der Waals surface area contributed by atoms with Gasteiger partial charge in [0.1, 0.15) is 0 Å². The second kappa shape index (κ2) is 8.36. The molecule has 0 unspecified atom stereocenters. The van der Waals surface area contributed by atoms with Gasteiger partial charge in [-0.05, 0) is 54.3 Å². The van der Waals surface area contributed by atoms with Crippen molar-refractivity contribution in [3.05, 3.63) is 59.7 Å². The lowest BCUT2D eigenvalue weighted by molar-refractivity contribution is 0.0600. The van der Waals surface area contributed by atoms with Crippen LogP contribution in [0.25, 0.3) is 0 Å². The van der Waals surface area contributed by atoms with Gasteiger partial charge in [0.15, 0.2) is 0 Å². The first kappa shape index (κ1) is 20.0. The minimum Gasteiger partial charge on any atom is -0.465 e. The normalized spacial score (nSPS) is 11.4. The van der Waals surface area contributed by atoms with E-state index in [4.69, 9.17) is 0 Å². The van der Waals surface area contributed by atoms with Crippen molar-refractivity contribution in [1.29, 1.82) is 0 Å². The van der Waals surface area contributed by atoms with Gasteiger partial charge in [0.05, 0.1) is 23.3 Å². The van der Waals surface area contributed by atoms with E-state index in [9.17, 15) is 13.2 Å². The molecule has 0 atom stereocenters. The first-order chi connectivity index (χ1) is 12.3. The predicted molar refractivity (Wildman–Crippen MR) is 103 cm³/mol. The Morgan fingerprint density at radius 2 is 1.62 bits per heavy atom. The Morgan fingerprint density at radius 1 is 1.04 bits per heavy atom. The number of aryl methyl sites for hydroxylation is 1. The Balaban J connectivity index is 2.43. The zero-order valence-electron chi connectivity index (χ0n) is 15.6. The summed E-state index contributed by atoms with van der Waals surface area (Å²) < 4.78 is 32.4. The minimum absolute atomic E-state index is 0.144. The van der Waals surface area contributed by atoms with Crippen molar-refractivity contribution in [2.45, 2.75) is 32.1 Å². The van der Waals surface area contributed by atoms with Crippen LogP contribution in [-0.4, -0.2) is 28.0 Å². The summed E-state index contributed by atoms with van der Waals surface area (Å²) >= 11 is 0. The van der Waals surface area contributed by atoms with Crippen LogP contribution in [0.1, 0.15) is 36.7 Å². The van der Waals surface area contributed by atoms with E-state index in [0.29, 0.717) is 17.8 Å². The van der Waals surface area contributed by atoms with Gasteiger partial charge in [0.25, 0.3) is 10.0 Å². The van der Waals surface area contributed by atoms with E-state index < -0.39 is 16.0 Å². The highest BCUT2D eigenvalue weighted by Crippen LogP contribution is 2.26. The molecule has 2 aromatic rings. The molecule has 0 fully saturated rings. The third kappa shape index (κ3) is 4.43. The first-order valence-corrected chi connectivity index (χ1v) is 10.0. The quantitative estimate of drug-likeness (QED) is 0.689. The molecule has 0 saturated carbocycles. The number of ether oxygens (including phenoxy) is 1. The summed E-state index contributed by atoms with van der Waals surface area (Å²) in [5.74, 6) is -0.340. The maximum absolute atomic E-state index is 13.2. The predicted octanol–water partition coefficient (Wildman–Crippen LogP) is 3.89. The minimum atomic E-state index is -3.74. The van der Waals surface area contributed by atoms with Crippen molar-refractivity contribution < 1.29 is 17.9 Å². The van der Waals surface area contributed by atoms with Crippen LogP contribution >= 0.6 is 0 Å². The van der Waals surface area contributed by atoms with E-state index in [1.807, 2.05) is 38.1 Å². The molecular formula is C20H25NO4S. The molecule has 140 valence electrons. The maximum atomic E-state index is 13.2. The van der Waals surface area contributed by atoms with Gasteiger partial charge < -0.3 is 4.74 Å². The van der Waals surface area contributed by atoms with Crippen LogP contribution in [0, 0.1) is 5.92 Å². The molecule has 0 aliphatic rings. The fourth-order valence-electron chi connectivity index (χ4n) is 2.58.